The van der Waals surface area contributed by atoms with Crippen LogP contribution in [0.4, 0.5) is 0 Å². The van der Waals surface area contributed by atoms with Crippen molar-refractivity contribution in [2.45, 2.75) is 32.3 Å². The van der Waals surface area contributed by atoms with E-state index in [2.05, 4.69) is 29.5 Å². The van der Waals surface area contributed by atoms with Crippen LogP contribution in [0.5, 0.6) is 0 Å². The Morgan fingerprint density at radius 1 is 1.67 bits per heavy atom. The first-order chi connectivity index (χ1) is 4.31. The van der Waals surface area contributed by atoms with Crippen molar-refractivity contribution in [3.05, 3.63) is 10.2 Å². The van der Waals surface area contributed by atoms with Crippen LogP contribution in [-0.4, -0.2) is 11.2 Å². The standard InChI is InChI=1S/C7H13IO/c1-2-3-4-7(9)5-6-8/h5-7,9H,2-4H2,1H3/t7-/m0/s1. The van der Waals surface area contributed by atoms with Gasteiger partial charge >= 0.3 is 0 Å². The van der Waals surface area contributed by atoms with E-state index in [1.165, 1.54) is 0 Å². The van der Waals surface area contributed by atoms with Crippen molar-refractivity contribution >= 4 is 22.6 Å². The first-order valence-corrected chi connectivity index (χ1v) is 4.50. The van der Waals surface area contributed by atoms with Gasteiger partial charge in [-0.1, -0.05) is 48.4 Å². The van der Waals surface area contributed by atoms with Crippen molar-refractivity contribution in [1.29, 1.82) is 0 Å². The van der Waals surface area contributed by atoms with Crippen LogP contribution < -0.4 is 0 Å². The molecule has 54 valence electrons. The number of hydrogen-bond donors (Lipinski definition) is 1. The Kier molecular flexibility index (Phi) is 6.86. The molecule has 2 heteroatoms. The predicted octanol–water partition coefficient (Wildman–Crippen LogP) is 2.49. The highest BCUT2D eigenvalue weighted by Gasteiger charge is 1.94. The van der Waals surface area contributed by atoms with Crippen LogP contribution in [0.1, 0.15) is 26.2 Å². The monoisotopic (exact) mass is 240 g/mol. The van der Waals surface area contributed by atoms with Crippen LogP contribution in [0.2, 0.25) is 0 Å². The number of hydrogen-bond acceptors (Lipinski definition) is 1. The third-order valence-corrected chi connectivity index (χ3v) is 1.56. The maximum absolute atomic E-state index is 9.09. The van der Waals surface area contributed by atoms with Gasteiger partial charge in [-0.15, -0.1) is 0 Å². The minimum atomic E-state index is -0.221. The van der Waals surface area contributed by atoms with Gasteiger partial charge in [0.25, 0.3) is 0 Å². The molecule has 9 heavy (non-hydrogen) atoms. The number of aliphatic hydroxyl groups is 1. The van der Waals surface area contributed by atoms with E-state index < -0.39 is 0 Å². The van der Waals surface area contributed by atoms with Gasteiger partial charge < -0.3 is 5.11 Å². The van der Waals surface area contributed by atoms with Gasteiger partial charge in [0.15, 0.2) is 0 Å². The highest BCUT2D eigenvalue weighted by atomic mass is 127. The molecule has 0 aliphatic carbocycles. The quantitative estimate of drug-likeness (QED) is 0.748. The molecule has 0 aliphatic rings. The minimum Gasteiger partial charge on any atom is -0.389 e. The molecule has 0 aliphatic heterocycles. The zero-order chi connectivity index (χ0) is 7.11. The Morgan fingerprint density at radius 3 is 2.78 bits per heavy atom. The van der Waals surface area contributed by atoms with Crippen molar-refractivity contribution in [3.63, 3.8) is 0 Å². The van der Waals surface area contributed by atoms with E-state index in [0.717, 1.165) is 19.3 Å². The number of aliphatic hydroxyl groups excluding tert-OH is 1. The Morgan fingerprint density at radius 2 is 2.33 bits per heavy atom. The first kappa shape index (κ1) is 9.43. The van der Waals surface area contributed by atoms with E-state index in [-0.39, 0.29) is 6.10 Å². The molecule has 1 nitrogen and oxygen atoms in total. The molecule has 0 fully saturated rings. The molecular formula is C7H13IO. The van der Waals surface area contributed by atoms with Crippen LogP contribution in [0.15, 0.2) is 10.2 Å². The molecule has 1 N–H and O–H groups in total. The maximum atomic E-state index is 9.09. The zero-order valence-electron chi connectivity index (χ0n) is 5.68. The van der Waals surface area contributed by atoms with Gasteiger partial charge in [0.05, 0.1) is 6.10 Å². The second kappa shape index (κ2) is 6.55. The topological polar surface area (TPSA) is 20.2 Å². The van der Waals surface area contributed by atoms with Crippen molar-refractivity contribution in [2.24, 2.45) is 0 Å². The molecule has 0 amide bonds. The Labute approximate surface area is 70.3 Å². The summed E-state index contributed by atoms with van der Waals surface area (Å²) in [5.41, 5.74) is 0. The van der Waals surface area contributed by atoms with Crippen molar-refractivity contribution in [2.75, 3.05) is 0 Å². The molecule has 0 saturated carbocycles. The van der Waals surface area contributed by atoms with Gasteiger partial charge in [-0.2, -0.15) is 0 Å². The number of halogens is 1. The van der Waals surface area contributed by atoms with E-state index in [1.54, 1.807) is 0 Å². The van der Waals surface area contributed by atoms with Gasteiger partial charge in [0.2, 0.25) is 0 Å². The molecular weight excluding hydrogens is 227 g/mol. The molecule has 0 aromatic carbocycles. The van der Waals surface area contributed by atoms with E-state index in [0.29, 0.717) is 0 Å². The Bertz CT molecular complexity index is 81.0. The van der Waals surface area contributed by atoms with Gasteiger partial charge in [0, 0.05) is 0 Å². The summed E-state index contributed by atoms with van der Waals surface area (Å²) in [4.78, 5) is 0. The van der Waals surface area contributed by atoms with E-state index in [9.17, 15) is 0 Å². The van der Waals surface area contributed by atoms with Gasteiger partial charge in [-0.05, 0) is 10.5 Å². The molecule has 0 radical (unpaired) electrons. The summed E-state index contributed by atoms with van der Waals surface area (Å²) >= 11 is 2.11. The van der Waals surface area contributed by atoms with Crippen molar-refractivity contribution < 1.29 is 5.11 Å². The average Bonchev–Trinajstić information content (AvgIpc) is 1.85. The Balaban J connectivity index is 3.15. The summed E-state index contributed by atoms with van der Waals surface area (Å²) in [6, 6.07) is 0. The third-order valence-electron chi connectivity index (χ3n) is 1.15. The second-order valence-electron chi connectivity index (χ2n) is 2.03. The highest BCUT2D eigenvalue weighted by Crippen LogP contribution is 2.02. The number of rotatable bonds is 4. The average molecular weight is 240 g/mol. The summed E-state index contributed by atoms with van der Waals surface area (Å²) in [5.74, 6) is 0. The summed E-state index contributed by atoms with van der Waals surface area (Å²) in [6.07, 6.45) is 4.77. The third kappa shape index (κ3) is 6.31. The smallest absolute Gasteiger partial charge is 0.0728 e. The molecule has 0 spiro atoms. The lowest BCUT2D eigenvalue weighted by atomic mass is 10.2. The van der Waals surface area contributed by atoms with E-state index in [4.69, 9.17) is 5.11 Å². The van der Waals surface area contributed by atoms with Crippen LogP contribution in [0.3, 0.4) is 0 Å². The molecule has 0 aromatic heterocycles. The van der Waals surface area contributed by atoms with E-state index in [1.807, 2.05) is 10.2 Å². The second-order valence-corrected chi connectivity index (χ2v) is 2.75. The van der Waals surface area contributed by atoms with Crippen molar-refractivity contribution in [3.8, 4) is 0 Å². The normalized spacial score (nSPS) is 14.6. The fourth-order valence-electron chi connectivity index (χ4n) is 0.593. The summed E-state index contributed by atoms with van der Waals surface area (Å²) in [6.45, 7) is 2.13. The molecule has 0 unspecified atom stereocenters. The number of unbranched alkanes of at least 4 members (excludes halogenated alkanes) is 1. The molecule has 0 saturated heterocycles. The molecule has 0 heterocycles. The van der Waals surface area contributed by atoms with Gasteiger partial charge in [-0.3, -0.25) is 0 Å². The summed E-state index contributed by atoms with van der Waals surface area (Å²) in [5, 5.41) is 9.09. The van der Waals surface area contributed by atoms with Gasteiger partial charge in [0.1, 0.15) is 0 Å². The molecule has 0 bridgehead atoms. The highest BCUT2D eigenvalue weighted by molar-refractivity contribution is 14.1. The van der Waals surface area contributed by atoms with Crippen LogP contribution in [0, 0.1) is 0 Å². The zero-order valence-corrected chi connectivity index (χ0v) is 7.84. The maximum Gasteiger partial charge on any atom is 0.0728 e. The fourth-order valence-corrected chi connectivity index (χ4v) is 1.07. The summed E-state index contributed by atoms with van der Waals surface area (Å²) < 4.78 is 1.86. The minimum absolute atomic E-state index is 0.221. The van der Waals surface area contributed by atoms with Crippen LogP contribution in [0.25, 0.3) is 0 Å². The largest absolute Gasteiger partial charge is 0.389 e. The Hall–Kier alpha value is 0.430. The lowest BCUT2D eigenvalue weighted by molar-refractivity contribution is 0.209. The van der Waals surface area contributed by atoms with Crippen molar-refractivity contribution in [1.82, 2.24) is 0 Å². The molecule has 0 rings (SSSR count). The van der Waals surface area contributed by atoms with E-state index >= 15 is 0 Å². The molecule has 1 atom stereocenters. The fraction of sp³-hybridized carbons (Fsp3) is 0.714. The lowest BCUT2D eigenvalue weighted by Crippen LogP contribution is -1.99. The SMILES string of the molecule is CCCC[C@H](O)C=CI. The van der Waals surface area contributed by atoms with Gasteiger partial charge in [-0.25, -0.2) is 0 Å². The lowest BCUT2D eigenvalue weighted by Gasteiger charge is -2.01. The molecule has 0 aromatic rings. The van der Waals surface area contributed by atoms with Crippen LogP contribution >= 0.6 is 22.6 Å². The predicted molar refractivity (Wildman–Crippen MR) is 48.7 cm³/mol. The van der Waals surface area contributed by atoms with Crippen LogP contribution in [-0.2, 0) is 0 Å². The first-order valence-electron chi connectivity index (χ1n) is 3.26. The summed E-state index contributed by atoms with van der Waals surface area (Å²) in [7, 11) is 0.